The number of hydrogen-bond donors (Lipinski definition) is 0. The summed E-state index contributed by atoms with van der Waals surface area (Å²) in [5.74, 6) is -0.508. The van der Waals surface area contributed by atoms with Gasteiger partial charge in [0.15, 0.2) is 0 Å². The van der Waals surface area contributed by atoms with Crippen LogP contribution in [0.1, 0.15) is 27.4 Å². The summed E-state index contributed by atoms with van der Waals surface area (Å²) in [5, 5.41) is 4.27. The lowest BCUT2D eigenvalue weighted by molar-refractivity contribution is 0.0467. The number of fused-ring (bicyclic) bond motifs is 1. The molecule has 0 spiro atoms. The molecule has 140 valence electrons. The molecule has 3 heterocycles. The van der Waals surface area contributed by atoms with E-state index in [0.29, 0.717) is 22.6 Å². The Bertz CT molecular complexity index is 1230. The van der Waals surface area contributed by atoms with Crippen LogP contribution in [0.25, 0.3) is 11.3 Å². The molecule has 28 heavy (non-hydrogen) atoms. The number of esters is 1. The zero-order valence-corrected chi connectivity index (χ0v) is 15.5. The molecule has 0 aliphatic carbocycles. The van der Waals surface area contributed by atoms with Crippen LogP contribution in [0.4, 0.5) is 0 Å². The van der Waals surface area contributed by atoms with Crippen molar-refractivity contribution in [2.24, 2.45) is 0 Å². The van der Waals surface area contributed by atoms with Crippen LogP contribution in [0, 0.1) is 13.8 Å². The number of ether oxygens (including phenoxy) is 1. The first-order chi connectivity index (χ1) is 13.5. The van der Waals surface area contributed by atoms with Gasteiger partial charge in [0.25, 0.3) is 5.56 Å². The lowest BCUT2D eigenvalue weighted by Gasteiger charge is -2.08. The molecule has 0 atom stereocenters. The number of para-hydroxylation sites is 1. The Labute approximate surface area is 160 Å². The van der Waals surface area contributed by atoms with E-state index in [0.717, 1.165) is 11.4 Å². The smallest absolute Gasteiger partial charge is 0.342 e. The summed E-state index contributed by atoms with van der Waals surface area (Å²) in [5.41, 5.74) is 3.42. The van der Waals surface area contributed by atoms with E-state index >= 15 is 0 Å². The number of aryl methyl sites for hydroxylation is 1. The summed E-state index contributed by atoms with van der Waals surface area (Å²) in [6, 6.07) is 16.3. The highest BCUT2D eigenvalue weighted by atomic mass is 16.5. The molecule has 0 saturated carbocycles. The first-order valence-electron chi connectivity index (χ1n) is 8.80. The minimum Gasteiger partial charge on any atom is -0.455 e. The van der Waals surface area contributed by atoms with Gasteiger partial charge in [0.2, 0.25) is 0 Å². The largest absolute Gasteiger partial charge is 0.455 e. The lowest BCUT2D eigenvalue weighted by Crippen LogP contribution is -2.18. The SMILES string of the molecule is Cc1c(C(=O)OCc2cc(=O)n3c(C)cccc3n2)cnn1-c1ccccc1. The van der Waals surface area contributed by atoms with Crippen molar-refractivity contribution in [3.05, 3.63) is 93.8 Å². The van der Waals surface area contributed by atoms with Gasteiger partial charge in [0.1, 0.15) is 17.8 Å². The second kappa shape index (κ2) is 7.11. The van der Waals surface area contributed by atoms with Gasteiger partial charge < -0.3 is 4.74 Å². The van der Waals surface area contributed by atoms with Gasteiger partial charge in [-0.15, -0.1) is 0 Å². The third kappa shape index (κ3) is 3.18. The van der Waals surface area contributed by atoms with Gasteiger partial charge in [-0.3, -0.25) is 9.20 Å². The fraction of sp³-hybridized carbons (Fsp3) is 0.143. The molecule has 4 rings (SSSR count). The van der Waals surface area contributed by atoms with Crippen molar-refractivity contribution < 1.29 is 9.53 Å². The summed E-state index contributed by atoms with van der Waals surface area (Å²) in [7, 11) is 0. The Morgan fingerprint density at radius 2 is 1.86 bits per heavy atom. The molecule has 0 amide bonds. The number of carbonyl (C=O) groups excluding carboxylic acids is 1. The second-order valence-corrected chi connectivity index (χ2v) is 6.41. The molecular formula is C21H18N4O3. The Hall–Kier alpha value is -3.74. The Morgan fingerprint density at radius 3 is 2.64 bits per heavy atom. The van der Waals surface area contributed by atoms with Crippen LogP contribution in [0.15, 0.2) is 65.6 Å². The number of hydrogen-bond acceptors (Lipinski definition) is 5. The van der Waals surface area contributed by atoms with Gasteiger partial charge in [-0.2, -0.15) is 5.10 Å². The quantitative estimate of drug-likeness (QED) is 0.513. The lowest BCUT2D eigenvalue weighted by atomic mass is 10.2. The molecule has 0 bridgehead atoms. The maximum Gasteiger partial charge on any atom is 0.342 e. The summed E-state index contributed by atoms with van der Waals surface area (Å²) < 4.78 is 8.57. The number of nitrogens with zero attached hydrogens (tertiary/aromatic N) is 4. The van der Waals surface area contributed by atoms with Crippen LogP contribution in [0.5, 0.6) is 0 Å². The van der Waals surface area contributed by atoms with Crippen LogP contribution >= 0.6 is 0 Å². The van der Waals surface area contributed by atoms with E-state index in [1.54, 1.807) is 17.7 Å². The van der Waals surface area contributed by atoms with Crippen LogP contribution in [0.2, 0.25) is 0 Å². The highest BCUT2D eigenvalue weighted by Crippen LogP contribution is 2.15. The van der Waals surface area contributed by atoms with E-state index in [2.05, 4.69) is 10.1 Å². The van der Waals surface area contributed by atoms with Gasteiger partial charge in [-0.25, -0.2) is 14.5 Å². The average molecular weight is 374 g/mol. The van der Waals surface area contributed by atoms with Crippen molar-refractivity contribution >= 4 is 11.6 Å². The highest BCUT2D eigenvalue weighted by Gasteiger charge is 2.17. The normalized spacial score (nSPS) is 10.9. The standard InChI is InChI=1S/C21H18N4O3/c1-14-7-6-10-19-23-16(11-20(26)24(14)19)13-28-21(27)18-12-22-25(15(18)2)17-8-4-3-5-9-17/h3-12H,13H2,1-2H3. The molecule has 0 fully saturated rings. The Balaban J connectivity index is 1.55. The van der Waals surface area contributed by atoms with E-state index < -0.39 is 5.97 Å². The summed E-state index contributed by atoms with van der Waals surface area (Å²) >= 11 is 0. The van der Waals surface area contributed by atoms with Crippen molar-refractivity contribution in [3.63, 3.8) is 0 Å². The second-order valence-electron chi connectivity index (χ2n) is 6.41. The zero-order chi connectivity index (χ0) is 19.7. The summed E-state index contributed by atoms with van der Waals surface area (Å²) in [4.78, 5) is 29.2. The van der Waals surface area contributed by atoms with Gasteiger partial charge >= 0.3 is 5.97 Å². The summed E-state index contributed by atoms with van der Waals surface area (Å²) in [6.07, 6.45) is 1.48. The predicted octanol–water partition coefficient (Wildman–Crippen LogP) is 2.85. The maximum absolute atomic E-state index is 12.5. The molecule has 0 unspecified atom stereocenters. The maximum atomic E-state index is 12.5. The third-order valence-electron chi connectivity index (χ3n) is 4.51. The number of rotatable bonds is 4. The van der Waals surface area contributed by atoms with Gasteiger partial charge in [-0.1, -0.05) is 24.3 Å². The predicted molar refractivity (Wildman–Crippen MR) is 104 cm³/mol. The van der Waals surface area contributed by atoms with E-state index in [1.807, 2.05) is 49.4 Å². The highest BCUT2D eigenvalue weighted by molar-refractivity contribution is 5.90. The van der Waals surface area contributed by atoms with E-state index in [9.17, 15) is 9.59 Å². The average Bonchev–Trinajstić information content (AvgIpc) is 3.08. The molecule has 0 radical (unpaired) electrons. The fourth-order valence-electron chi connectivity index (χ4n) is 3.09. The first-order valence-corrected chi connectivity index (χ1v) is 8.80. The van der Waals surface area contributed by atoms with Gasteiger partial charge in [0.05, 0.1) is 23.3 Å². The van der Waals surface area contributed by atoms with Crippen molar-refractivity contribution in [1.29, 1.82) is 0 Å². The van der Waals surface area contributed by atoms with E-state index in [4.69, 9.17) is 4.74 Å². The molecule has 3 aromatic heterocycles. The molecular weight excluding hydrogens is 356 g/mol. The molecule has 7 nitrogen and oxygen atoms in total. The van der Waals surface area contributed by atoms with Crippen molar-refractivity contribution in [1.82, 2.24) is 19.2 Å². The molecule has 0 aliphatic rings. The van der Waals surface area contributed by atoms with Crippen molar-refractivity contribution in [2.75, 3.05) is 0 Å². The topological polar surface area (TPSA) is 78.5 Å². The minimum atomic E-state index is -0.508. The van der Waals surface area contributed by atoms with E-state index in [-0.39, 0.29) is 12.2 Å². The summed E-state index contributed by atoms with van der Waals surface area (Å²) in [6.45, 7) is 3.55. The zero-order valence-electron chi connectivity index (χ0n) is 15.5. The van der Waals surface area contributed by atoms with Gasteiger partial charge in [0, 0.05) is 11.8 Å². The fourth-order valence-corrected chi connectivity index (χ4v) is 3.09. The molecule has 0 aliphatic heterocycles. The molecule has 0 N–H and O–H groups in total. The number of benzene rings is 1. The number of aromatic nitrogens is 4. The Morgan fingerprint density at radius 1 is 1.07 bits per heavy atom. The van der Waals surface area contributed by atoms with Crippen molar-refractivity contribution in [3.8, 4) is 5.69 Å². The Kier molecular flexibility index (Phi) is 4.49. The van der Waals surface area contributed by atoms with Gasteiger partial charge in [-0.05, 0) is 38.1 Å². The monoisotopic (exact) mass is 374 g/mol. The molecule has 1 aromatic carbocycles. The number of carbonyl (C=O) groups is 1. The number of pyridine rings is 1. The van der Waals surface area contributed by atoms with Crippen LogP contribution < -0.4 is 5.56 Å². The molecule has 4 aromatic rings. The van der Waals surface area contributed by atoms with E-state index in [1.165, 1.54) is 16.7 Å². The molecule has 7 heteroatoms. The minimum absolute atomic E-state index is 0.0888. The molecule has 0 saturated heterocycles. The van der Waals surface area contributed by atoms with Crippen LogP contribution in [-0.2, 0) is 11.3 Å². The third-order valence-corrected chi connectivity index (χ3v) is 4.51. The van der Waals surface area contributed by atoms with Crippen LogP contribution in [-0.4, -0.2) is 25.1 Å². The van der Waals surface area contributed by atoms with Crippen LogP contribution in [0.3, 0.4) is 0 Å². The first kappa shape index (κ1) is 17.7. The van der Waals surface area contributed by atoms with Crippen molar-refractivity contribution in [2.45, 2.75) is 20.5 Å².